The van der Waals surface area contributed by atoms with Gasteiger partial charge < -0.3 is 20.1 Å². The maximum atomic E-state index is 12.9. The fraction of sp³-hybridized carbons (Fsp3) is 0.444. The third-order valence-electron chi connectivity index (χ3n) is 7.26. The molecule has 0 saturated heterocycles. The van der Waals surface area contributed by atoms with Crippen molar-refractivity contribution < 1.29 is 24.2 Å². The third-order valence-corrected chi connectivity index (χ3v) is 7.26. The van der Waals surface area contributed by atoms with Crippen molar-refractivity contribution in [1.29, 1.82) is 0 Å². The van der Waals surface area contributed by atoms with E-state index in [9.17, 15) is 19.5 Å². The first kappa shape index (κ1) is 23.8. The van der Waals surface area contributed by atoms with Crippen molar-refractivity contribution in [3.05, 3.63) is 59.7 Å². The number of carbonyl (C=O) groups is 3. The molecule has 180 valence electrons. The van der Waals surface area contributed by atoms with Crippen LogP contribution in [0.15, 0.2) is 48.5 Å². The van der Waals surface area contributed by atoms with Gasteiger partial charge in [0, 0.05) is 13.0 Å². The smallest absolute Gasteiger partial charge is 0.407 e. The first-order valence-electron chi connectivity index (χ1n) is 11.9. The summed E-state index contributed by atoms with van der Waals surface area (Å²) in [6.07, 6.45) is 1.61. The van der Waals surface area contributed by atoms with Crippen molar-refractivity contribution in [3.8, 4) is 11.1 Å². The topological polar surface area (TPSA) is 95.9 Å². The molecule has 0 spiro atoms. The number of nitrogens with one attached hydrogen (secondary N) is 1. The Morgan fingerprint density at radius 1 is 1.09 bits per heavy atom. The second kappa shape index (κ2) is 9.49. The Morgan fingerprint density at radius 2 is 1.65 bits per heavy atom. The Morgan fingerprint density at radius 3 is 2.15 bits per heavy atom. The lowest BCUT2D eigenvalue weighted by atomic mass is 9.90. The summed E-state index contributed by atoms with van der Waals surface area (Å²) in [5.41, 5.74) is 3.81. The summed E-state index contributed by atoms with van der Waals surface area (Å²) in [6.45, 7) is 3.78. The SMILES string of the molecule is CCC(C(=O)O)N(C)C(=O)CC(C)(NC(=O)OCC1c2ccccc2-c2ccccc21)C1CC1. The molecule has 7 heteroatoms. The summed E-state index contributed by atoms with van der Waals surface area (Å²) >= 11 is 0. The largest absolute Gasteiger partial charge is 0.480 e. The summed E-state index contributed by atoms with van der Waals surface area (Å²) in [5.74, 6) is -1.22. The number of fused-ring (bicyclic) bond motifs is 3. The highest BCUT2D eigenvalue weighted by Gasteiger charge is 2.45. The molecular weight excluding hydrogens is 432 g/mol. The van der Waals surface area contributed by atoms with Crippen LogP contribution in [0.2, 0.25) is 0 Å². The van der Waals surface area contributed by atoms with E-state index in [-0.39, 0.29) is 30.8 Å². The molecule has 0 heterocycles. The Bertz CT molecular complexity index is 1050. The van der Waals surface area contributed by atoms with Crippen LogP contribution in [0.4, 0.5) is 4.79 Å². The summed E-state index contributed by atoms with van der Waals surface area (Å²) in [4.78, 5) is 38.5. The zero-order valence-corrected chi connectivity index (χ0v) is 19.9. The van der Waals surface area contributed by atoms with Gasteiger partial charge in [0.25, 0.3) is 0 Å². The minimum atomic E-state index is -1.03. The molecule has 2 atom stereocenters. The number of ether oxygens (including phenoxy) is 1. The number of hydrogen-bond donors (Lipinski definition) is 2. The van der Waals surface area contributed by atoms with E-state index in [0.29, 0.717) is 6.42 Å². The number of likely N-dealkylation sites (N-methyl/N-ethyl adjacent to an activating group) is 1. The van der Waals surface area contributed by atoms with Gasteiger partial charge in [-0.15, -0.1) is 0 Å². The van der Waals surface area contributed by atoms with Crippen LogP contribution in [0.3, 0.4) is 0 Å². The number of hydrogen-bond acceptors (Lipinski definition) is 4. The van der Waals surface area contributed by atoms with Gasteiger partial charge in [-0.2, -0.15) is 0 Å². The van der Waals surface area contributed by atoms with Crippen molar-refractivity contribution in [2.24, 2.45) is 5.92 Å². The number of alkyl carbamates (subject to hydrolysis) is 1. The standard InChI is InChI=1S/C27H32N2O5/c1-4-23(25(31)32)29(3)24(30)15-27(2,17-13-14-17)28-26(33)34-16-22-20-11-7-5-9-18(20)19-10-6-8-12-21(19)22/h5-12,17,22-23H,4,13-16H2,1-3H3,(H,28,33)(H,31,32). The van der Waals surface area contributed by atoms with E-state index in [2.05, 4.69) is 29.6 Å². The number of amides is 2. The Hall–Kier alpha value is -3.35. The average molecular weight is 465 g/mol. The summed E-state index contributed by atoms with van der Waals surface area (Å²) in [5, 5.41) is 12.3. The van der Waals surface area contributed by atoms with E-state index in [4.69, 9.17) is 4.74 Å². The number of rotatable bonds is 9. The van der Waals surface area contributed by atoms with Crippen molar-refractivity contribution in [1.82, 2.24) is 10.2 Å². The van der Waals surface area contributed by atoms with Crippen LogP contribution in [-0.4, -0.2) is 53.2 Å². The molecule has 1 saturated carbocycles. The van der Waals surface area contributed by atoms with E-state index >= 15 is 0 Å². The quantitative estimate of drug-likeness (QED) is 0.573. The molecular formula is C27H32N2O5. The Labute approximate surface area is 200 Å². The van der Waals surface area contributed by atoms with Gasteiger partial charge in [0.1, 0.15) is 12.6 Å². The van der Waals surface area contributed by atoms with Gasteiger partial charge in [0.05, 0.1) is 12.0 Å². The molecule has 0 aliphatic heterocycles. The lowest BCUT2D eigenvalue weighted by molar-refractivity contribution is -0.149. The molecule has 7 nitrogen and oxygen atoms in total. The number of carbonyl (C=O) groups excluding carboxylic acids is 2. The van der Waals surface area contributed by atoms with Crippen molar-refractivity contribution in [2.45, 2.75) is 57.0 Å². The normalized spacial score (nSPS) is 17.1. The maximum Gasteiger partial charge on any atom is 0.407 e. The maximum absolute atomic E-state index is 12.9. The molecule has 2 aromatic rings. The minimum absolute atomic E-state index is 0.0299. The summed E-state index contributed by atoms with van der Waals surface area (Å²) < 4.78 is 5.69. The van der Waals surface area contributed by atoms with Gasteiger partial charge in [0.15, 0.2) is 0 Å². The van der Waals surface area contributed by atoms with Crippen molar-refractivity contribution in [2.75, 3.05) is 13.7 Å². The van der Waals surface area contributed by atoms with Crippen LogP contribution >= 0.6 is 0 Å². The van der Waals surface area contributed by atoms with Crippen molar-refractivity contribution in [3.63, 3.8) is 0 Å². The number of carboxylic acids is 1. The molecule has 2 unspecified atom stereocenters. The molecule has 2 aliphatic carbocycles. The van der Waals surface area contributed by atoms with Crippen LogP contribution in [0.5, 0.6) is 0 Å². The highest BCUT2D eigenvalue weighted by molar-refractivity contribution is 5.84. The molecule has 2 aromatic carbocycles. The van der Waals surface area contributed by atoms with Crippen LogP contribution in [0, 0.1) is 5.92 Å². The molecule has 2 N–H and O–H groups in total. The molecule has 4 rings (SSSR count). The number of carboxylic acid groups (broad SMARTS) is 1. The van der Waals surface area contributed by atoms with Gasteiger partial charge in [-0.05, 0) is 54.4 Å². The molecule has 0 radical (unpaired) electrons. The highest BCUT2D eigenvalue weighted by atomic mass is 16.5. The zero-order valence-electron chi connectivity index (χ0n) is 19.9. The van der Waals surface area contributed by atoms with E-state index in [0.717, 1.165) is 35.1 Å². The van der Waals surface area contributed by atoms with Gasteiger partial charge in [-0.3, -0.25) is 4.79 Å². The number of nitrogens with zero attached hydrogens (tertiary/aromatic N) is 1. The van der Waals surface area contributed by atoms with Gasteiger partial charge >= 0.3 is 12.1 Å². The molecule has 0 aromatic heterocycles. The fourth-order valence-electron chi connectivity index (χ4n) is 5.11. The predicted molar refractivity (Wildman–Crippen MR) is 128 cm³/mol. The number of aliphatic carboxylic acids is 1. The first-order valence-corrected chi connectivity index (χ1v) is 11.9. The Balaban J connectivity index is 1.42. The Kier molecular flexibility index (Phi) is 6.64. The van der Waals surface area contributed by atoms with Gasteiger partial charge in [-0.25, -0.2) is 9.59 Å². The van der Waals surface area contributed by atoms with Crippen LogP contribution in [-0.2, 0) is 14.3 Å². The summed E-state index contributed by atoms with van der Waals surface area (Å²) in [7, 11) is 1.51. The fourth-order valence-corrected chi connectivity index (χ4v) is 5.11. The lowest BCUT2D eigenvalue weighted by Gasteiger charge is -2.33. The van der Waals surface area contributed by atoms with Crippen molar-refractivity contribution >= 4 is 18.0 Å². The van der Waals surface area contributed by atoms with Crippen LogP contribution in [0.25, 0.3) is 11.1 Å². The second-order valence-corrected chi connectivity index (χ2v) is 9.59. The second-order valence-electron chi connectivity index (χ2n) is 9.59. The van der Waals surface area contributed by atoms with Crippen LogP contribution < -0.4 is 5.32 Å². The van der Waals surface area contributed by atoms with E-state index in [1.807, 2.05) is 31.2 Å². The van der Waals surface area contributed by atoms with Gasteiger partial charge in [-0.1, -0.05) is 55.5 Å². The first-order chi connectivity index (χ1) is 16.2. The molecule has 1 fully saturated rings. The lowest BCUT2D eigenvalue weighted by Crippen LogP contribution is -2.53. The minimum Gasteiger partial charge on any atom is -0.480 e. The monoisotopic (exact) mass is 464 g/mol. The molecule has 34 heavy (non-hydrogen) atoms. The van der Waals surface area contributed by atoms with E-state index in [1.165, 1.54) is 11.9 Å². The highest BCUT2D eigenvalue weighted by Crippen LogP contribution is 2.45. The van der Waals surface area contributed by atoms with Gasteiger partial charge in [0.2, 0.25) is 5.91 Å². The van der Waals surface area contributed by atoms with E-state index in [1.54, 1.807) is 6.92 Å². The molecule has 2 aliphatic rings. The summed E-state index contributed by atoms with van der Waals surface area (Å²) in [6, 6.07) is 15.4. The predicted octanol–water partition coefficient (Wildman–Crippen LogP) is 4.41. The van der Waals surface area contributed by atoms with E-state index < -0.39 is 23.6 Å². The van der Waals surface area contributed by atoms with Crippen LogP contribution in [0.1, 0.15) is 56.6 Å². The third kappa shape index (κ3) is 4.65. The molecule has 0 bridgehead atoms. The average Bonchev–Trinajstić information content (AvgIpc) is 3.62. The zero-order chi connectivity index (χ0) is 24.5. The molecule has 2 amide bonds. The number of benzene rings is 2.